The monoisotopic (exact) mass is 174 g/mol. The molecule has 0 aromatic heterocycles. The van der Waals surface area contributed by atoms with Crippen LogP contribution in [-0.4, -0.2) is 37.8 Å². The topological polar surface area (TPSA) is 61.4 Å². The van der Waals surface area contributed by atoms with E-state index in [9.17, 15) is 4.79 Å². The smallest absolute Gasteiger partial charge is 0.233 e. The highest BCUT2D eigenvalue weighted by molar-refractivity contribution is 5.77. The van der Waals surface area contributed by atoms with E-state index in [4.69, 9.17) is 5.11 Å². The van der Waals surface area contributed by atoms with Crippen LogP contribution in [0.5, 0.6) is 0 Å². The van der Waals surface area contributed by atoms with Gasteiger partial charge in [-0.1, -0.05) is 0 Å². The number of aliphatic hydroxyl groups is 1. The zero-order chi connectivity index (χ0) is 9.23. The summed E-state index contributed by atoms with van der Waals surface area (Å²) < 4.78 is 0. The van der Waals surface area contributed by atoms with Crippen molar-refractivity contribution in [3.05, 3.63) is 0 Å². The van der Waals surface area contributed by atoms with Crippen molar-refractivity contribution in [3.8, 4) is 0 Å². The minimum atomic E-state index is 0.0292. The van der Waals surface area contributed by atoms with E-state index in [1.165, 1.54) is 0 Å². The summed E-state index contributed by atoms with van der Waals surface area (Å²) in [4.78, 5) is 10.9. The van der Waals surface area contributed by atoms with E-state index in [2.05, 4.69) is 10.6 Å². The molecule has 0 aromatic rings. The summed E-state index contributed by atoms with van der Waals surface area (Å²) in [5.41, 5.74) is 0. The fourth-order valence-electron chi connectivity index (χ4n) is 0.864. The SMILES string of the molecule is CNCC(=O)NCCCCCO. The Balaban J connectivity index is 3.03. The number of hydrogen-bond donors (Lipinski definition) is 3. The molecule has 0 saturated heterocycles. The van der Waals surface area contributed by atoms with Gasteiger partial charge in [-0.2, -0.15) is 0 Å². The van der Waals surface area contributed by atoms with Crippen molar-refractivity contribution in [1.82, 2.24) is 10.6 Å². The normalized spacial score (nSPS) is 9.83. The van der Waals surface area contributed by atoms with Crippen LogP contribution in [0.15, 0.2) is 0 Å². The second kappa shape index (κ2) is 8.49. The maximum atomic E-state index is 10.9. The minimum Gasteiger partial charge on any atom is -0.396 e. The molecule has 0 aliphatic rings. The van der Waals surface area contributed by atoms with E-state index in [0.717, 1.165) is 19.3 Å². The molecule has 0 spiro atoms. The van der Waals surface area contributed by atoms with Gasteiger partial charge in [0.2, 0.25) is 5.91 Å². The van der Waals surface area contributed by atoms with Crippen molar-refractivity contribution in [2.45, 2.75) is 19.3 Å². The molecule has 12 heavy (non-hydrogen) atoms. The van der Waals surface area contributed by atoms with Gasteiger partial charge in [-0.3, -0.25) is 4.79 Å². The number of amides is 1. The lowest BCUT2D eigenvalue weighted by atomic mass is 10.2. The summed E-state index contributed by atoms with van der Waals surface area (Å²) in [5.74, 6) is 0.0292. The Hall–Kier alpha value is -0.610. The van der Waals surface area contributed by atoms with Crippen LogP contribution in [-0.2, 0) is 4.79 Å². The zero-order valence-corrected chi connectivity index (χ0v) is 7.60. The van der Waals surface area contributed by atoms with Gasteiger partial charge in [0, 0.05) is 13.2 Å². The van der Waals surface area contributed by atoms with E-state index >= 15 is 0 Å². The average Bonchev–Trinajstić information content (AvgIpc) is 2.05. The molecule has 72 valence electrons. The lowest BCUT2D eigenvalue weighted by molar-refractivity contribution is -0.120. The maximum absolute atomic E-state index is 10.9. The van der Waals surface area contributed by atoms with Gasteiger partial charge in [-0.15, -0.1) is 0 Å². The molecule has 0 bridgehead atoms. The second-order valence-corrected chi connectivity index (χ2v) is 2.66. The summed E-state index contributed by atoms with van der Waals surface area (Å²) >= 11 is 0. The molecule has 0 aliphatic heterocycles. The molecule has 0 fully saturated rings. The second-order valence-electron chi connectivity index (χ2n) is 2.66. The third kappa shape index (κ3) is 7.50. The Bertz CT molecular complexity index is 118. The molecule has 0 radical (unpaired) electrons. The van der Waals surface area contributed by atoms with Crippen molar-refractivity contribution < 1.29 is 9.90 Å². The number of likely N-dealkylation sites (N-methyl/N-ethyl adjacent to an activating group) is 1. The number of carbonyl (C=O) groups excluding carboxylic acids is 1. The third-order valence-electron chi connectivity index (χ3n) is 1.49. The van der Waals surface area contributed by atoms with Gasteiger partial charge < -0.3 is 15.7 Å². The molecule has 0 rings (SSSR count). The molecule has 0 saturated carbocycles. The van der Waals surface area contributed by atoms with Crippen molar-refractivity contribution >= 4 is 5.91 Å². The van der Waals surface area contributed by atoms with Gasteiger partial charge >= 0.3 is 0 Å². The molecule has 4 heteroatoms. The predicted octanol–water partition coefficient (Wildman–Crippen LogP) is -0.515. The highest BCUT2D eigenvalue weighted by Crippen LogP contribution is 1.91. The van der Waals surface area contributed by atoms with Crippen molar-refractivity contribution in [2.75, 3.05) is 26.7 Å². The quantitative estimate of drug-likeness (QED) is 0.455. The molecule has 0 aromatic carbocycles. The first kappa shape index (κ1) is 11.4. The van der Waals surface area contributed by atoms with Crippen LogP contribution >= 0.6 is 0 Å². The number of aliphatic hydroxyl groups excluding tert-OH is 1. The average molecular weight is 174 g/mol. The lowest BCUT2D eigenvalue weighted by Crippen LogP contribution is -2.32. The standard InChI is InChI=1S/C8H18N2O2/c1-9-7-8(12)10-5-3-2-4-6-11/h9,11H,2-7H2,1H3,(H,10,12). The van der Waals surface area contributed by atoms with E-state index in [1.807, 2.05) is 0 Å². The molecule has 0 aliphatic carbocycles. The van der Waals surface area contributed by atoms with Gasteiger partial charge in [0.25, 0.3) is 0 Å². The van der Waals surface area contributed by atoms with Crippen LogP contribution in [0.25, 0.3) is 0 Å². The highest BCUT2D eigenvalue weighted by atomic mass is 16.2. The third-order valence-corrected chi connectivity index (χ3v) is 1.49. The first-order valence-corrected chi connectivity index (χ1v) is 4.33. The van der Waals surface area contributed by atoms with Crippen LogP contribution in [0.3, 0.4) is 0 Å². The fourth-order valence-corrected chi connectivity index (χ4v) is 0.864. The summed E-state index contributed by atoms with van der Waals surface area (Å²) in [6.07, 6.45) is 2.73. The number of rotatable bonds is 7. The van der Waals surface area contributed by atoms with E-state index < -0.39 is 0 Å². The molecule has 4 nitrogen and oxygen atoms in total. The lowest BCUT2D eigenvalue weighted by Gasteiger charge is -2.03. The highest BCUT2D eigenvalue weighted by Gasteiger charge is 1.96. The van der Waals surface area contributed by atoms with E-state index in [-0.39, 0.29) is 12.5 Å². The minimum absolute atomic E-state index is 0.0292. The zero-order valence-electron chi connectivity index (χ0n) is 7.60. The van der Waals surface area contributed by atoms with Crippen LogP contribution in [0.2, 0.25) is 0 Å². The van der Waals surface area contributed by atoms with Gasteiger partial charge in [0.05, 0.1) is 6.54 Å². The molecule has 0 heterocycles. The number of nitrogens with one attached hydrogen (secondary N) is 2. The Labute approximate surface area is 73.3 Å². The Kier molecular flexibility index (Phi) is 8.05. The summed E-state index contributed by atoms with van der Waals surface area (Å²) in [7, 11) is 1.74. The van der Waals surface area contributed by atoms with Crippen molar-refractivity contribution in [1.29, 1.82) is 0 Å². The maximum Gasteiger partial charge on any atom is 0.233 e. The predicted molar refractivity (Wildman–Crippen MR) is 47.9 cm³/mol. The van der Waals surface area contributed by atoms with Crippen molar-refractivity contribution in [3.63, 3.8) is 0 Å². The molecular formula is C8H18N2O2. The van der Waals surface area contributed by atoms with Crippen LogP contribution in [0.1, 0.15) is 19.3 Å². The van der Waals surface area contributed by atoms with E-state index in [0.29, 0.717) is 13.1 Å². The fraction of sp³-hybridized carbons (Fsp3) is 0.875. The molecule has 0 unspecified atom stereocenters. The van der Waals surface area contributed by atoms with Crippen LogP contribution in [0.4, 0.5) is 0 Å². The van der Waals surface area contributed by atoms with Gasteiger partial charge in [0.15, 0.2) is 0 Å². The number of hydrogen-bond acceptors (Lipinski definition) is 3. The first-order chi connectivity index (χ1) is 5.81. The van der Waals surface area contributed by atoms with Crippen molar-refractivity contribution in [2.24, 2.45) is 0 Å². The van der Waals surface area contributed by atoms with Crippen LogP contribution < -0.4 is 10.6 Å². The molecule has 1 amide bonds. The number of unbranched alkanes of at least 4 members (excludes halogenated alkanes) is 2. The molecule has 0 atom stereocenters. The largest absolute Gasteiger partial charge is 0.396 e. The molecule has 3 N–H and O–H groups in total. The summed E-state index contributed by atoms with van der Waals surface area (Å²) in [5, 5.41) is 14.0. The number of carbonyl (C=O) groups is 1. The van der Waals surface area contributed by atoms with Crippen LogP contribution in [0, 0.1) is 0 Å². The molecular weight excluding hydrogens is 156 g/mol. The van der Waals surface area contributed by atoms with Gasteiger partial charge in [-0.05, 0) is 26.3 Å². The summed E-state index contributed by atoms with van der Waals surface area (Å²) in [6.45, 7) is 1.32. The van der Waals surface area contributed by atoms with E-state index in [1.54, 1.807) is 7.05 Å². The Morgan fingerprint density at radius 1 is 1.33 bits per heavy atom. The first-order valence-electron chi connectivity index (χ1n) is 4.33. The summed E-state index contributed by atoms with van der Waals surface area (Å²) in [6, 6.07) is 0. The van der Waals surface area contributed by atoms with Gasteiger partial charge in [0.1, 0.15) is 0 Å². The Morgan fingerprint density at radius 2 is 2.08 bits per heavy atom. The van der Waals surface area contributed by atoms with Gasteiger partial charge in [-0.25, -0.2) is 0 Å². The Morgan fingerprint density at radius 3 is 2.67 bits per heavy atom.